The summed E-state index contributed by atoms with van der Waals surface area (Å²) in [5.41, 5.74) is 47.7. The van der Waals surface area contributed by atoms with Gasteiger partial charge in [0.25, 0.3) is 20.2 Å². The van der Waals surface area contributed by atoms with Gasteiger partial charge in [-0.3, -0.25) is 13.3 Å². The standard InChI is InChI=1S/C18H18F4O6S2.C4H4F4N6.2C4H8F4N2.C4H6F4O2.CH4.N3.Na.H2/c1-13-3-7-15(8-4-13)29(23,24)27-11-17(19,20)18(21,22)12-28-30(25,26)16-9-5-14(2)6-10-16;5-3(6,1-11-13-9)4(7,8)2-12-14-10;3*5-3(6,1-9)4(7,8)2-10;;1-3-2;;/h3-10H,11-12H2,1-2H3;1-2H2;2*1-2,9-10H2;9-10H,1-2H2;1H4;;;1H/q;;;;;;-1;+1;. The van der Waals surface area contributed by atoms with Gasteiger partial charge in [0.15, 0.2) is 0 Å². The second-order valence-electron chi connectivity index (χ2n) is 14.1. The van der Waals surface area contributed by atoms with Gasteiger partial charge in [0.2, 0.25) is 0 Å². The van der Waals surface area contributed by atoms with Crippen molar-refractivity contribution in [3.8, 4) is 0 Å². The summed E-state index contributed by atoms with van der Waals surface area (Å²) in [7, 11) is -9.47. The molecule has 0 heterocycles. The van der Waals surface area contributed by atoms with Crippen LogP contribution >= 0.6 is 0 Å². The molecule has 0 aliphatic carbocycles. The van der Waals surface area contributed by atoms with Crippen molar-refractivity contribution in [2.24, 2.45) is 33.2 Å². The number of hydrogen-bond donors (Lipinski definition) is 6. The Morgan fingerprint density at radius 2 is 0.658 bits per heavy atom. The number of nitrogens with zero attached hydrogens (tertiary/aromatic N) is 9. The van der Waals surface area contributed by atoms with Crippen LogP contribution in [0, 0.1) is 13.8 Å². The van der Waals surface area contributed by atoms with E-state index in [0.717, 1.165) is 24.3 Å². The van der Waals surface area contributed by atoms with Crippen molar-refractivity contribution in [2.75, 3.05) is 65.7 Å². The molecule has 0 atom stereocenters. The van der Waals surface area contributed by atoms with E-state index in [9.17, 15) is 105 Å². The molecule has 0 saturated carbocycles. The van der Waals surface area contributed by atoms with Crippen molar-refractivity contribution in [2.45, 2.75) is 90.3 Å². The number of hydrogen-bond acceptors (Lipinski definition) is 14. The van der Waals surface area contributed by atoms with Gasteiger partial charge in [-0.05, 0) is 49.2 Å². The molecule has 0 amide bonds. The van der Waals surface area contributed by atoms with E-state index in [2.05, 4.69) is 41.5 Å². The van der Waals surface area contributed by atoms with E-state index in [-0.39, 0.29) is 38.4 Å². The van der Waals surface area contributed by atoms with E-state index in [1.165, 1.54) is 29.2 Å². The van der Waals surface area contributed by atoms with Crippen molar-refractivity contribution < 1.29 is 154 Å². The largest absolute Gasteiger partial charge is 1.00 e. The molecular formula is C35H50F20N13NaO8S2. The second kappa shape index (κ2) is 35.4. The Morgan fingerprint density at radius 3 is 0.823 bits per heavy atom. The normalized spacial score (nSPS) is 12.5. The molecule has 0 bridgehead atoms. The van der Waals surface area contributed by atoms with Gasteiger partial charge in [-0.25, -0.2) is 0 Å². The molecule has 0 fully saturated rings. The van der Waals surface area contributed by atoms with E-state index in [1.54, 1.807) is 13.8 Å². The zero-order valence-corrected chi connectivity index (χ0v) is 43.4. The maximum atomic E-state index is 13.9. The van der Waals surface area contributed by atoms with Gasteiger partial charge in [0.1, 0.15) is 26.4 Å². The summed E-state index contributed by atoms with van der Waals surface area (Å²) in [5, 5.41) is 20.1. The van der Waals surface area contributed by atoms with Gasteiger partial charge in [-0.1, -0.05) is 53.0 Å². The SMILES string of the molecule is C.Cc1ccc(S(=O)(=O)OCC(F)(F)C(F)(F)COS(=O)(=O)c2ccc(C)cc2)cc1.NCC(F)(F)C(F)(F)CN.NCC(F)(F)C(F)(F)CN.OCC(F)(F)C(F)(F)CO.[HH].[N-]=[N+]=NCC(F)(F)C(F)(F)CN=[N+]=[N-].[N-]=[N+]=[N-].[Na+]. The minimum Gasteiger partial charge on any atom is -0.390 e. The van der Waals surface area contributed by atoms with E-state index in [4.69, 9.17) is 32.3 Å². The molecule has 0 radical (unpaired) electrons. The number of aliphatic hydroxyl groups excluding tert-OH is 2. The van der Waals surface area contributed by atoms with Gasteiger partial charge in [0, 0.05) is 11.3 Å². The summed E-state index contributed by atoms with van der Waals surface area (Å²) in [4.78, 5) is 4.36. The predicted molar refractivity (Wildman–Crippen MR) is 235 cm³/mol. The molecule has 21 nitrogen and oxygen atoms in total. The molecule has 0 aliphatic heterocycles. The summed E-state index contributed by atoms with van der Waals surface area (Å²) in [6.45, 7) is -14.0. The molecule has 0 saturated heterocycles. The number of aliphatic hydroxyl groups is 2. The molecule has 0 spiro atoms. The molecule has 0 aromatic heterocycles. The smallest absolute Gasteiger partial charge is 0.390 e. The van der Waals surface area contributed by atoms with E-state index < -0.39 is 155 Å². The molecular weight excluding hydrogens is 1200 g/mol. The third-order valence-electron chi connectivity index (χ3n) is 8.17. The molecule has 0 aliphatic rings. The topological polar surface area (TPSA) is 388 Å². The maximum absolute atomic E-state index is 13.9. The van der Waals surface area contributed by atoms with E-state index >= 15 is 0 Å². The van der Waals surface area contributed by atoms with E-state index in [0.29, 0.717) is 11.1 Å². The van der Waals surface area contributed by atoms with Gasteiger partial charge < -0.3 is 44.2 Å². The number of aryl methyl sites for hydroxylation is 2. The second-order valence-corrected chi connectivity index (χ2v) is 17.3. The number of alkyl halides is 20. The Bertz CT molecular complexity index is 2220. The first kappa shape index (κ1) is 85.8. The van der Waals surface area contributed by atoms with Crippen LogP contribution in [-0.2, 0) is 28.6 Å². The van der Waals surface area contributed by atoms with Crippen LogP contribution in [0.4, 0.5) is 87.8 Å². The summed E-state index contributed by atoms with van der Waals surface area (Å²) in [5.74, 6) is -45.0. The Balaban J connectivity index is -0.000000179. The molecule has 2 aromatic rings. The fourth-order valence-electron chi connectivity index (χ4n) is 3.36. The first-order valence-electron chi connectivity index (χ1n) is 19.3. The quantitative estimate of drug-likeness (QED) is 0.0189. The monoisotopic (exact) mass is 1250 g/mol. The maximum Gasteiger partial charge on any atom is 1.00 e. The average molecular weight is 1250 g/mol. The molecule has 0 unspecified atom stereocenters. The van der Waals surface area contributed by atoms with Crippen LogP contribution in [0.15, 0.2) is 68.6 Å². The Morgan fingerprint density at radius 1 is 0.456 bits per heavy atom. The fourth-order valence-corrected chi connectivity index (χ4v) is 5.18. The fraction of sp³-hybridized carbons (Fsp3) is 0.657. The number of rotatable bonds is 23. The summed E-state index contributed by atoms with van der Waals surface area (Å²) < 4.78 is 304. The number of halogens is 20. The first-order valence-corrected chi connectivity index (χ1v) is 22.1. The molecule has 79 heavy (non-hydrogen) atoms. The Labute approximate surface area is 458 Å². The summed E-state index contributed by atoms with van der Waals surface area (Å²) >= 11 is 0. The predicted octanol–water partition coefficient (Wildman–Crippen LogP) is 5.91. The van der Waals surface area contributed by atoms with Gasteiger partial charge in [0.05, 0.1) is 49.1 Å². The molecule has 2 aromatic carbocycles. The molecule has 456 valence electrons. The van der Waals surface area contributed by atoms with Crippen LogP contribution in [0.25, 0.3) is 36.9 Å². The zero-order chi connectivity index (χ0) is 62.0. The van der Waals surface area contributed by atoms with Crippen molar-refractivity contribution in [3.63, 3.8) is 0 Å². The van der Waals surface area contributed by atoms with Crippen LogP contribution in [0.5, 0.6) is 0 Å². The minimum absolute atomic E-state index is 0. The Hall–Kier alpha value is -4.45. The number of nitrogens with two attached hydrogens (primary N) is 4. The molecule has 2 rings (SSSR count). The van der Waals surface area contributed by atoms with E-state index in [1.807, 2.05) is 9.82 Å². The number of azide groups is 2. The molecule has 44 heteroatoms. The minimum atomic E-state index is -5.03. The number of benzene rings is 2. The van der Waals surface area contributed by atoms with Crippen LogP contribution < -0.4 is 52.5 Å². The van der Waals surface area contributed by atoms with Gasteiger partial charge in [-0.15, -0.1) is 0 Å². The van der Waals surface area contributed by atoms with Crippen LogP contribution in [0.2, 0.25) is 0 Å². The van der Waals surface area contributed by atoms with Crippen molar-refractivity contribution in [3.05, 3.63) is 96.5 Å². The van der Waals surface area contributed by atoms with Crippen molar-refractivity contribution in [1.82, 2.24) is 0 Å². The summed E-state index contributed by atoms with van der Waals surface area (Å²) in [6, 6.07) is 9.74. The average Bonchev–Trinajstić information content (AvgIpc) is 3.35. The van der Waals surface area contributed by atoms with Gasteiger partial charge >= 0.3 is 88.8 Å². The van der Waals surface area contributed by atoms with Gasteiger partial charge in [-0.2, -0.15) is 105 Å². The van der Waals surface area contributed by atoms with Crippen molar-refractivity contribution in [1.29, 1.82) is 0 Å². The first-order chi connectivity index (χ1) is 34.6. The molecule has 10 N–H and O–H groups in total. The van der Waals surface area contributed by atoms with Crippen LogP contribution in [-0.4, -0.2) is 152 Å². The third kappa shape index (κ3) is 28.7. The third-order valence-corrected chi connectivity index (χ3v) is 10.7. The van der Waals surface area contributed by atoms with Crippen molar-refractivity contribution >= 4 is 20.2 Å². The van der Waals surface area contributed by atoms with Crippen LogP contribution in [0.3, 0.4) is 0 Å². The zero-order valence-electron chi connectivity index (χ0n) is 39.7. The Kier molecular flexibility index (Phi) is 38.5. The van der Waals surface area contributed by atoms with Crippen LogP contribution in [0.1, 0.15) is 20.0 Å². The summed E-state index contributed by atoms with van der Waals surface area (Å²) in [6.07, 6.45) is 0.